The van der Waals surface area contributed by atoms with Crippen LogP contribution in [-0.4, -0.2) is 20.4 Å². The van der Waals surface area contributed by atoms with E-state index in [0.29, 0.717) is 5.56 Å². The zero-order valence-corrected chi connectivity index (χ0v) is 21.2. The van der Waals surface area contributed by atoms with Crippen molar-refractivity contribution < 1.29 is 4.79 Å². The molecule has 1 atom stereocenters. The number of thioether (sulfide) groups is 1. The minimum atomic E-state index is -0.0713. The fourth-order valence-corrected chi connectivity index (χ4v) is 5.18. The Morgan fingerprint density at radius 1 is 0.972 bits per heavy atom. The van der Waals surface area contributed by atoms with E-state index in [0.717, 1.165) is 39.6 Å². The molecule has 3 aromatic carbocycles. The van der Waals surface area contributed by atoms with Crippen molar-refractivity contribution in [2.24, 2.45) is 0 Å². The standard InChI is InChI=1S/C30H28N4OS/c1-21-7-6-8-24(17-21)19-34-28-18-31-16-15-27(28)33-30(34)36-20-23-11-13-26(14-12-23)29(35)32-22(2)25-9-4-3-5-10-25/h3-18,22H,19-20H2,1-2H3,(H,32,35)/t22-/m1/s1. The molecule has 0 aliphatic rings. The van der Waals surface area contributed by atoms with Gasteiger partial charge in [-0.1, -0.05) is 84.1 Å². The minimum Gasteiger partial charge on any atom is -0.346 e. The summed E-state index contributed by atoms with van der Waals surface area (Å²) in [6.07, 6.45) is 3.66. The van der Waals surface area contributed by atoms with Crippen molar-refractivity contribution in [3.63, 3.8) is 0 Å². The minimum absolute atomic E-state index is 0.0511. The lowest BCUT2D eigenvalue weighted by Crippen LogP contribution is -2.26. The Kier molecular flexibility index (Phi) is 7.14. The Hall–Kier alpha value is -3.90. The van der Waals surface area contributed by atoms with Crippen LogP contribution >= 0.6 is 11.8 Å². The van der Waals surface area contributed by atoms with Gasteiger partial charge in [-0.25, -0.2) is 4.98 Å². The fraction of sp³-hybridized carbons (Fsp3) is 0.167. The number of rotatable bonds is 8. The molecule has 2 heterocycles. The molecule has 0 aliphatic carbocycles. The molecule has 5 aromatic rings. The number of amides is 1. The zero-order valence-electron chi connectivity index (χ0n) is 20.4. The lowest BCUT2D eigenvalue weighted by Gasteiger charge is -2.14. The van der Waals surface area contributed by atoms with Crippen LogP contribution in [-0.2, 0) is 12.3 Å². The highest BCUT2D eigenvalue weighted by Crippen LogP contribution is 2.28. The number of nitrogens with zero attached hydrogens (tertiary/aromatic N) is 3. The molecule has 6 heteroatoms. The SMILES string of the molecule is Cc1cccc(Cn2c(SCc3ccc(C(=O)N[C@H](C)c4ccccc4)cc3)nc3ccncc32)c1. The topological polar surface area (TPSA) is 59.8 Å². The predicted octanol–water partition coefficient (Wildman–Crippen LogP) is 6.57. The number of aromatic nitrogens is 3. The molecule has 5 nitrogen and oxygen atoms in total. The first-order valence-electron chi connectivity index (χ1n) is 12.0. The third kappa shape index (κ3) is 5.50. The lowest BCUT2D eigenvalue weighted by atomic mass is 10.1. The summed E-state index contributed by atoms with van der Waals surface area (Å²) < 4.78 is 2.23. The van der Waals surface area contributed by atoms with E-state index in [4.69, 9.17) is 4.98 Å². The van der Waals surface area contributed by atoms with Crippen molar-refractivity contribution in [1.29, 1.82) is 0 Å². The Morgan fingerprint density at radius 2 is 1.78 bits per heavy atom. The Labute approximate surface area is 215 Å². The Morgan fingerprint density at radius 3 is 2.56 bits per heavy atom. The van der Waals surface area contributed by atoms with Crippen LogP contribution < -0.4 is 5.32 Å². The second kappa shape index (κ2) is 10.8. The summed E-state index contributed by atoms with van der Waals surface area (Å²) in [5.74, 6) is 0.686. The summed E-state index contributed by atoms with van der Waals surface area (Å²) in [6.45, 7) is 4.85. The van der Waals surface area contributed by atoms with Gasteiger partial charge in [-0.15, -0.1) is 0 Å². The number of hydrogen-bond acceptors (Lipinski definition) is 4. The Bertz CT molecular complexity index is 1480. The first kappa shape index (κ1) is 23.8. The summed E-state index contributed by atoms with van der Waals surface area (Å²) in [5, 5.41) is 4.03. The predicted molar refractivity (Wildman–Crippen MR) is 146 cm³/mol. The van der Waals surface area contributed by atoms with E-state index in [1.165, 1.54) is 11.1 Å². The maximum Gasteiger partial charge on any atom is 0.251 e. The molecule has 0 fully saturated rings. The van der Waals surface area contributed by atoms with Crippen molar-refractivity contribution in [1.82, 2.24) is 19.9 Å². The highest BCUT2D eigenvalue weighted by molar-refractivity contribution is 7.98. The largest absolute Gasteiger partial charge is 0.346 e. The first-order valence-corrected chi connectivity index (χ1v) is 13.0. The number of carbonyl (C=O) groups is 1. The molecule has 180 valence electrons. The zero-order chi connectivity index (χ0) is 24.9. The molecular formula is C30H28N4OS. The first-order chi connectivity index (χ1) is 17.6. The summed E-state index contributed by atoms with van der Waals surface area (Å²) in [6, 6.07) is 28.3. The number of carbonyl (C=O) groups excluding carboxylic acids is 1. The van der Waals surface area contributed by atoms with Gasteiger partial charge in [0.1, 0.15) is 0 Å². The van der Waals surface area contributed by atoms with Crippen LogP contribution in [0.5, 0.6) is 0 Å². The molecule has 0 saturated heterocycles. The molecule has 0 aliphatic heterocycles. The van der Waals surface area contributed by atoms with Crippen LogP contribution in [0.25, 0.3) is 11.0 Å². The molecule has 36 heavy (non-hydrogen) atoms. The number of hydrogen-bond donors (Lipinski definition) is 1. The molecule has 0 bridgehead atoms. The molecular weight excluding hydrogens is 464 g/mol. The lowest BCUT2D eigenvalue weighted by molar-refractivity contribution is 0.0940. The highest BCUT2D eigenvalue weighted by atomic mass is 32.2. The number of nitrogens with one attached hydrogen (secondary N) is 1. The van der Waals surface area contributed by atoms with E-state index < -0.39 is 0 Å². The van der Waals surface area contributed by atoms with Crippen LogP contribution in [0.15, 0.2) is 102 Å². The smallest absolute Gasteiger partial charge is 0.251 e. The van der Waals surface area contributed by atoms with Gasteiger partial charge in [-0.05, 0) is 48.7 Å². The number of pyridine rings is 1. The van der Waals surface area contributed by atoms with Crippen molar-refractivity contribution in [2.45, 2.75) is 37.3 Å². The monoisotopic (exact) mass is 492 g/mol. The second-order valence-electron chi connectivity index (χ2n) is 8.93. The van der Waals surface area contributed by atoms with Crippen molar-refractivity contribution in [3.05, 3.63) is 125 Å². The number of imidazole rings is 1. The summed E-state index contributed by atoms with van der Waals surface area (Å²) in [4.78, 5) is 21.9. The second-order valence-corrected chi connectivity index (χ2v) is 9.87. The maximum atomic E-state index is 12.7. The van der Waals surface area contributed by atoms with Crippen LogP contribution in [0.4, 0.5) is 0 Å². The van der Waals surface area contributed by atoms with Crippen molar-refractivity contribution in [2.75, 3.05) is 0 Å². The van der Waals surface area contributed by atoms with Crippen LogP contribution in [0.3, 0.4) is 0 Å². The Balaban J connectivity index is 1.28. The fourth-order valence-electron chi connectivity index (χ4n) is 4.21. The van der Waals surface area contributed by atoms with Gasteiger partial charge in [0.25, 0.3) is 5.91 Å². The van der Waals surface area contributed by atoms with Crippen LogP contribution in [0.1, 0.15) is 45.6 Å². The molecule has 0 spiro atoms. The third-order valence-electron chi connectivity index (χ3n) is 6.17. The number of benzene rings is 3. The molecule has 0 unspecified atom stereocenters. The van der Waals surface area contributed by atoms with Gasteiger partial charge >= 0.3 is 0 Å². The maximum absolute atomic E-state index is 12.7. The van der Waals surface area contributed by atoms with E-state index in [1.54, 1.807) is 18.0 Å². The van der Waals surface area contributed by atoms with Gasteiger partial charge in [-0.3, -0.25) is 9.78 Å². The highest BCUT2D eigenvalue weighted by Gasteiger charge is 2.14. The van der Waals surface area contributed by atoms with Gasteiger partial charge in [0.15, 0.2) is 5.16 Å². The average Bonchev–Trinajstić information content (AvgIpc) is 3.25. The van der Waals surface area contributed by atoms with Crippen LogP contribution in [0, 0.1) is 6.92 Å². The van der Waals surface area contributed by atoms with Gasteiger partial charge < -0.3 is 9.88 Å². The van der Waals surface area contributed by atoms with E-state index >= 15 is 0 Å². The van der Waals surface area contributed by atoms with Crippen molar-refractivity contribution in [3.8, 4) is 0 Å². The molecule has 1 N–H and O–H groups in total. The number of aryl methyl sites for hydroxylation is 1. The number of fused-ring (bicyclic) bond motifs is 1. The van der Waals surface area contributed by atoms with E-state index in [-0.39, 0.29) is 11.9 Å². The van der Waals surface area contributed by atoms with Crippen molar-refractivity contribution >= 4 is 28.7 Å². The summed E-state index contributed by atoms with van der Waals surface area (Å²) in [7, 11) is 0. The normalized spacial score (nSPS) is 11.9. The molecule has 0 saturated carbocycles. The molecule has 2 aromatic heterocycles. The van der Waals surface area contributed by atoms with Gasteiger partial charge in [-0.2, -0.15) is 0 Å². The summed E-state index contributed by atoms with van der Waals surface area (Å²) in [5.41, 5.74) is 7.33. The molecule has 5 rings (SSSR count). The molecule has 0 radical (unpaired) electrons. The quantitative estimate of drug-likeness (QED) is 0.249. The molecule has 1 amide bonds. The summed E-state index contributed by atoms with van der Waals surface area (Å²) >= 11 is 1.70. The van der Waals surface area contributed by atoms with E-state index in [1.807, 2.05) is 73.8 Å². The van der Waals surface area contributed by atoms with E-state index in [9.17, 15) is 4.79 Å². The average molecular weight is 493 g/mol. The van der Waals surface area contributed by atoms with Gasteiger partial charge in [0.2, 0.25) is 0 Å². The van der Waals surface area contributed by atoms with E-state index in [2.05, 4.69) is 46.1 Å². The van der Waals surface area contributed by atoms with Gasteiger partial charge in [0.05, 0.1) is 29.8 Å². The van der Waals surface area contributed by atoms with Gasteiger partial charge in [0, 0.05) is 17.5 Å². The van der Waals surface area contributed by atoms with Crippen LogP contribution in [0.2, 0.25) is 0 Å². The third-order valence-corrected chi connectivity index (χ3v) is 7.22.